The zero-order chi connectivity index (χ0) is 59.1. The second-order valence-electron chi connectivity index (χ2n) is 26.5. The van der Waals surface area contributed by atoms with Crippen LogP contribution in [0.2, 0.25) is 0 Å². The molecule has 0 bridgehead atoms. The Morgan fingerprint density at radius 2 is 0.231 bits per heavy atom. The standard InChI is InChI=1S/C90H48O/c91-90-7-3-6-50-10-53-13-56-16-59-19-62-22-65-25-68-28-71-31-74-34-77-37-78-35-75-32-72-29-69-26-66-23-63-20-60-17-57-14-54-11-51-8-48-4-1-2-5-49(48)9-52(51)12-55(54)15-58(57)18-61(60)21-64(63)24-67(66)27-70(69)30-73(72)33-76(75)36-79(78)38-80(77)39-81(74)40-82(71)41-83(68)42-84(65)43-85(62)44-86(59)45-87(56)46-88(53)47-89(50)90/h1-47,91H. The molecule has 22 rings (SSSR count). The number of aromatic hydroxyl groups is 1. The van der Waals surface area contributed by atoms with Crippen molar-refractivity contribution in [3.63, 3.8) is 0 Å². The number of hydrogen-bond donors (Lipinski definition) is 1. The van der Waals surface area contributed by atoms with Crippen molar-refractivity contribution in [3.05, 3.63) is 285 Å². The number of benzene rings is 22. The van der Waals surface area contributed by atoms with E-state index in [1.165, 1.54) is 210 Å². The summed E-state index contributed by atoms with van der Waals surface area (Å²) in [6.07, 6.45) is 0. The Balaban J connectivity index is 0.602. The molecule has 22 aromatic rings. The van der Waals surface area contributed by atoms with Crippen LogP contribution >= 0.6 is 0 Å². The minimum absolute atomic E-state index is 0.318. The highest BCUT2D eigenvalue weighted by molar-refractivity contribution is 6.19. The van der Waals surface area contributed by atoms with Gasteiger partial charge in [-0.05, 0) is 470 Å². The highest BCUT2D eigenvalue weighted by Gasteiger charge is 2.14. The second kappa shape index (κ2) is 17.2. The van der Waals surface area contributed by atoms with Gasteiger partial charge < -0.3 is 5.11 Å². The molecule has 22 aromatic carbocycles. The Morgan fingerprint density at radius 1 is 0.110 bits per heavy atom. The summed E-state index contributed by atoms with van der Waals surface area (Å²) >= 11 is 0. The lowest BCUT2D eigenvalue weighted by Crippen LogP contribution is -1.84. The first-order chi connectivity index (χ1) is 44.7. The molecule has 0 atom stereocenters. The summed E-state index contributed by atoms with van der Waals surface area (Å²) < 4.78 is 0. The summed E-state index contributed by atoms with van der Waals surface area (Å²) in [6.45, 7) is 0. The molecule has 0 saturated heterocycles. The SMILES string of the molecule is Oc1cccc2cc3cc4cc5cc6cc7cc8cc9cc%10cc%11cc%12cc%13cc%14cc%15cc%16cc%17cc%18cc%19cc%20cc%21cc%22ccccc%22cc%21cc%20cc%19cc%18cc%17cc%16cc%15cc%14cc%13cc%12cc%11cc%10cc9cc8cc7cc6cc5cc4cc3cc12. The number of phenols is 1. The quantitative estimate of drug-likeness (QED) is 0.150. The fourth-order valence-corrected chi connectivity index (χ4v) is 16.2. The molecule has 0 heterocycles. The Bertz CT molecular complexity index is 7260. The topological polar surface area (TPSA) is 20.2 Å². The monoisotopic (exact) mass is 1140 g/mol. The summed E-state index contributed by atoms with van der Waals surface area (Å²) in [5.41, 5.74) is 0. The van der Waals surface area contributed by atoms with Crippen LogP contribution in [0, 0.1) is 0 Å². The third-order valence-electron chi connectivity index (χ3n) is 20.9. The lowest BCUT2D eigenvalue weighted by Gasteiger charge is -2.11. The van der Waals surface area contributed by atoms with Crippen LogP contribution in [-0.2, 0) is 0 Å². The van der Waals surface area contributed by atoms with Crippen molar-refractivity contribution in [1.29, 1.82) is 0 Å². The molecule has 0 aromatic heterocycles. The van der Waals surface area contributed by atoms with E-state index in [2.05, 4.69) is 273 Å². The van der Waals surface area contributed by atoms with Crippen molar-refractivity contribution >= 4 is 226 Å². The fraction of sp³-hybridized carbons (Fsp3) is 0. The van der Waals surface area contributed by atoms with Gasteiger partial charge in [0.1, 0.15) is 5.75 Å². The molecule has 0 aliphatic rings. The third kappa shape index (κ3) is 7.29. The molecule has 0 amide bonds. The van der Waals surface area contributed by atoms with Crippen LogP contribution in [0.1, 0.15) is 0 Å². The Labute approximate surface area is 519 Å². The van der Waals surface area contributed by atoms with Crippen LogP contribution < -0.4 is 0 Å². The average molecular weight is 1150 g/mol. The number of phenolic OH excluding ortho intramolecular Hbond substituents is 1. The lowest BCUT2D eigenvalue weighted by atomic mass is 9.92. The van der Waals surface area contributed by atoms with Gasteiger partial charge in [-0.3, -0.25) is 0 Å². The highest BCUT2D eigenvalue weighted by atomic mass is 16.3. The van der Waals surface area contributed by atoms with E-state index in [-0.39, 0.29) is 0 Å². The Kier molecular flexibility index (Phi) is 9.12. The number of hydrogen-bond acceptors (Lipinski definition) is 1. The third-order valence-corrected chi connectivity index (χ3v) is 20.9. The summed E-state index contributed by atoms with van der Waals surface area (Å²) in [4.78, 5) is 0. The molecule has 1 nitrogen and oxygen atoms in total. The first-order valence-electron chi connectivity index (χ1n) is 31.6. The first kappa shape index (κ1) is 48.2. The predicted octanol–water partition coefficient (Wildman–Crippen LogP) is 25.6. The maximum atomic E-state index is 10.6. The summed E-state index contributed by atoms with van der Waals surface area (Å²) in [5.74, 6) is 0.318. The zero-order valence-corrected chi connectivity index (χ0v) is 49.1. The van der Waals surface area contributed by atoms with Crippen molar-refractivity contribution in [2.45, 2.75) is 0 Å². The largest absolute Gasteiger partial charge is 0.507 e. The van der Waals surface area contributed by atoms with Gasteiger partial charge in [-0.2, -0.15) is 0 Å². The zero-order valence-electron chi connectivity index (χ0n) is 49.1. The van der Waals surface area contributed by atoms with E-state index >= 15 is 0 Å². The van der Waals surface area contributed by atoms with Gasteiger partial charge in [0.15, 0.2) is 0 Å². The number of rotatable bonds is 0. The average Bonchev–Trinajstić information content (AvgIpc) is 0.836. The smallest absolute Gasteiger partial charge is 0.123 e. The summed E-state index contributed by atoms with van der Waals surface area (Å²) in [6, 6.07) is 109. The van der Waals surface area contributed by atoms with E-state index in [0.29, 0.717) is 5.75 Å². The van der Waals surface area contributed by atoms with E-state index in [9.17, 15) is 5.11 Å². The molecule has 414 valence electrons. The van der Waals surface area contributed by atoms with Gasteiger partial charge in [0.05, 0.1) is 0 Å². The van der Waals surface area contributed by atoms with Crippen LogP contribution in [-0.4, -0.2) is 5.11 Å². The van der Waals surface area contributed by atoms with E-state index in [0.717, 1.165) is 16.2 Å². The molecule has 0 fully saturated rings. The van der Waals surface area contributed by atoms with E-state index < -0.39 is 0 Å². The van der Waals surface area contributed by atoms with Crippen molar-refractivity contribution < 1.29 is 5.11 Å². The second-order valence-corrected chi connectivity index (χ2v) is 26.5. The van der Waals surface area contributed by atoms with Gasteiger partial charge in [0.2, 0.25) is 0 Å². The maximum Gasteiger partial charge on any atom is 0.123 e. The Morgan fingerprint density at radius 3 is 0.396 bits per heavy atom. The molecule has 1 heteroatoms. The van der Waals surface area contributed by atoms with Gasteiger partial charge in [0.25, 0.3) is 0 Å². The minimum atomic E-state index is 0.318. The molecule has 0 unspecified atom stereocenters. The van der Waals surface area contributed by atoms with E-state index in [1.807, 2.05) is 6.07 Å². The molecule has 0 radical (unpaired) electrons. The van der Waals surface area contributed by atoms with Crippen molar-refractivity contribution in [3.8, 4) is 5.75 Å². The normalized spacial score (nSPS) is 12.7. The molecule has 0 aliphatic carbocycles. The van der Waals surface area contributed by atoms with Crippen LogP contribution in [0.3, 0.4) is 0 Å². The van der Waals surface area contributed by atoms with Crippen LogP contribution in [0.15, 0.2) is 285 Å². The molecule has 0 aliphatic heterocycles. The summed E-state index contributed by atoms with van der Waals surface area (Å²) in [7, 11) is 0. The van der Waals surface area contributed by atoms with Crippen molar-refractivity contribution in [2.24, 2.45) is 0 Å². The first-order valence-corrected chi connectivity index (χ1v) is 31.6. The molecule has 1 N–H and O–H groups in total. The highest BCUT2D eigenvalue weighted by Crippen LogP contribution is 2.41. The Hall–Kier alpha value is -11.9. The van der Waals surface area contributed by atoms with Gasteiger partial charge in [-0.15, -0.1) is 0 Å². The number of fused-ring (bicyclic) bond motifs is 21. The van der Waals surface area contributed by atoms with E-state index in [4.69, 9.17) is 0 Å². The lowest BCUT2D eigenvalue weighted by molar-refractivity contribution is 0.481. The van der Waals surface area contributed by atoms with Crippen LogP contribution in [0.4, 0.5) is 0 Å². The predicted molar refractivity (Wildman–Crippen MR) is 396 cm³/mol. The van der Waals surface area contributed by atoms with E-state index in [1.54, 1.807) is 6.07 Å². The van der Waals surface area contributed by atoms with Crippen molar-refractivity contribution in [1.82, 2.24) is 0 Å². The minimum Gasteiger partial charge on any atom is -0.507 e. The molecule has 91 heavy (non-hydrogen) atoms. The maximum absolute atomic E-state index is 10.6. The molecule has 0 spiro atoms. The van der Waals surface area contributed by atoms with Crippen LogP contribution in [0.25, 0.3) is 226 Å². The molecule has 0 saturated carbocycles. The van der Waals surface area contributed by atoms with Gasteiger partial charge in [-0.1, -0.05) is 36.4 Å². The van der Waals surface area contributed by atoms with Gasteiger partial charge >= 0.3 is 0 Å². The molecular weight excluding hydrogens is 1100 g/mol. The fourth-order valence-electron chi connectivity index (χ4n) is 16.2. The van der Waals surface area contributed by atoms with Crippen LogP contribution in [0.5, 0.6) is 5.75 Å². The van der Waals surface area contributed by atoms with Gasteiger partial charge in [-0.25, -0.2) is 0 Å². The summed E-state index contributed by atoms with van der Waals surface area (Å²) in [5, 5.41) is 62.5. The molecular formula is C90H48O. The van der Waals surface area contributed by atoms with Gasteiger partial charge in [0, 0.05) is 5.39 Å². The van der Waals surface area contributed by atoms with Crippen molar-refractivity contribution in [2.75, 3.05) is 0 Å².